The van der Waals surface area contributed by atoms with Crippen LogP contribution >= 0.6 is 0 Å². The maximum absolute atomic E-state index is 12.6. The molecule has 5 rings (SSSR count). The van der Waals surface area contributed by atoms with Gasteiger partial charge in [0.1, 0.15) is 5.82 Å². The number of aromatic nitrogens is 5. The lowest BCUT2D eigenvalue weighted by molar-refractivity contribution is 0.102. The highest BCUT2D eigenvalue weighted by molar-refractivity contribution is 6.02. The number of nitrogens with zero attached hydrogens (tertiary/aromatic N) is 5. The van der Waals surface area contributed by atoms with Crippen LogP contribution in [-0.4, -0.2) is 30.1 Å². The summed E-state index contributed by atoms with van der Waals surface area (Å²) in [6.45, 7) is 1.88. The summed E-state index contributed by atoms with van der Waals surface area (Å²) in [6, 6.07) is 17.3. The molecule has 146 valence electrons. The zero-order valence-electron chi connectivity index (χ0n) is 16.2. The molecule has 5 aromatic heterocycles. The van der Waals surface area contributed by atoms with Gasteiger partial charge in [0, 0.05) is 53.4 Å². The Labute approximate surface area is 172 Å². The van der Waals surface area contributed by atoms with Gasteiger partial charge in [0.25, 0.3) is 5.91 Å². The number of pyridine rings is 3. The summed E-state index contributed by atoms with van der Waals surface area (Å²) in [5.41, 5.74) is 4.98. The third-order valence-corrected chi connectivity index (χ3v) is 4.84. The first-order chi connectivity index (χ1) is 14.7. The number of anilines is 1. The van der Waals surface area contributed by atoms with Gasteiger partial charge < -0.3 is 9.72 Å². The van der Waals surface area contributed by atoms with Gasteiger partial charge in [-0.1, -0.05) is 12.1 Å². The van der Waals surface area contributed by atoms with Crippen LogP contribution in [-0.2, 0) is 0 Å². The molecular formula is C23H18N6O. The largest absolute Gasteiger partial charge is 0.320 e. The second-order valence-corrected chi connectivity index (χ2v) is 6.93. The molecule has 0 atom stereocenters. The van der Waals surface area contributed by atoms with Crippen molar-refractivity contribution in [3.63, 3.8) is 0 Å². The minimum absolute atomic E-state index is 0.267. The Kier molecular flexibility index (Phi) is 4.33. The lowest BCUT2D eigenvalue weighted by atomic mass is 10.1. The van der Waals surface area contributed by atoms with Gasteiger partial charge in [0.2, 0.25) is 0 Å². The van der Waals surface area contributed by atoms with Gasteiger partial charge in [-0.3, -0.25) is 14.8 Å². The van der Waals surface area contributed by atoms with Crippen LogP contribution in [0, 0.1) is 6.92 Å². The van der Waals surface area contributed by atoms with Crippen molar-refractivity contribution in [3.8, 4) is 16.9 Å². The Balaban J connectivity index is 1.46. The predicted molar refractivity (Wildman–Crippen MR) is 115 cm³/mol. The number of nitrogens with one attached hydrogen (secondary N) is 1. The molecule has 0 aliphatic carbocycles. The number of hydrogen-bond acceptors (Lipinski definition) is 4. The van der Waals surface area contributed by atoms with Crippen LogP contribution < -0.4 is 5.32 Å². The maximum Gasteiger partial charge on any atom is 0.276 e. The second kappa shape index (κ2) is 7.29. The smallest absolute Gasteiger partial charge is 0.276 e. The molecule has 0 radical (unpaired) electrons. The number of hydrogen-bond donors (Lipinski definition) is 1. The number of fused-ring (bicyclic) bond motifs is 1. The fourth-order valence-corrected chi connectivity index (χ4v) is 3.37. The molecule has 0 bridgehead atoms. The number of carbonyl (C=O) groups is 1. The topological polar surface area (TPSA) is 77.1 Å². The molecule has 0 spiro atoms. The van der Waals surface area contributed by atoms with Crippen molar-refractivity contribution in [1.82, 2.24) is 24.1 Å². The highest BCUT2D eigenvalue weighted by Gasteiger charge is 2.13. The molecule has 0 aliphatic heterocycles. The number of amides is 1. The van der Waals surface area contributed by atoms with E-state index in [4.69, 9.17) is 0 Å². The lowest BCUT2D eigenvalue weighted by Gasteiger charge is -2.07. The monoisotopic (exact) mass is 394 g/mol. The molecule has 5 heterocycles. The normalized spacial score (nSPS) is 11.0. The van der Waals surface area contributed by atoms with Gasteiger partial charge in [-0.15, -0.1) is 0 Å². The molecule has 0 saturated heterocycles. The molecule has 7 heteroatoms. The van der Waals surface area contributed by atoms with Crippen LogP contribution in [0.4, 0.5) is 5.69 Å². The second-order valence-electron chi connectivity index (χ2n) is 6.93. The number of aryl methyl sites for hydroxylation is 1. The molecule has 0 aromatic carbocycles. The maximum atomic E-state index is 12.6. The van der Waals surface area contributed by atoms with Crippen LogP contribution in [0.15, 0.2) is 85.6 Å². The lowest BCUT2D eigenvalue weighted by Crippen LogP contribution is -2.13. The van der Waals surface area contributed by atoms with Gasteiger partial charge >= 0.3 is 0 Å². The Morgan fingerprint density at radius 2 is 1.90 bits per heavy atom. The summed E-state index contributed by atoms with van der Waals surface area (Å²) >= 11 is 0. The van der Waals surface area contributed by atoms with Crippen molar-refractivity contribution in [2.24, 2.45) is 0 Å². The van der Waals surface area contributed by atoms with E-state index in [1.807, 2.05) is 54.0 Å². The molecule has 30 heavy (non-hydrogen) atoms. The van der Waals surface area contributed by atoms with E-state index in [1.165, 1.54) is 0 Å². The Bertz CT molecular complexity index is 1350. The van der Waals surface area contributed by atoms with Crippen molar-refractivity contribution in [2.45, 2.75) is 6.92 Å². The summed E-state index contributed by atoms with van der Waals surface area (Å²) in [5.74, 6) is 0.575. The molecule has 5 aromatic rings. The minimum atomic E-state index is -0.267. The Hall–Kier alpha value is -4.26. The SMILES string of the molecule is Cc1cc(NC(=O)c2ccn(-c3ccc4ccc(-c5cccnc5)cn34)n2)ccn1. The number of rotatable bonds is 4. The van der Waals surface area contributed by atoms with Gasteiger partial charge in [-0.25, -0.2) is 4.68 Å². The molecule has 0 unspecified atom stereocenters. The fraction of sp³-hybridized carbons (Fsp3) is 0.0435. The van der Waals surface area contributed by atoms with Crippen LogP contribution in [0.1, 0.15) is 16.2 Å². The van der Waals surface area contributed by atoms with E-state index in [0.717, 1.165) is 28.2 Å². The highest BCUT2D eigenvalue weighted by Crippen LogP contribution is 2.22. The third kappa shape index (κ3) is 3.33. The summed E-state index contributed by atoms with van der Waals surface area (Å²) < 4.78 is 3.75. The number of carbonyl (C=O) groups excluding carboxylic acids is 1. The zero-order valence-corrected chi connectivity index (χ0v) is 16.2. The van der Waals surface area contributed by atoms with E-state index >= 15 is 0 Å². The van der Waals surface area contributed by atoms with Gasteiger partial charge in [-0.2, -0.15) is 5.10 Å². The summed E-state index contributed by atoms with van der Waals surface area (Å²) in [7, 11) is 0. The van der Waals surface area contributed by atoms with E-state index in [-0.39, 0.29) is 5.91 Å². The summed E-state index contributed by atoms with van der Waals surface area (Å²) in [6.07, 6.45) is 9.08. The van der Waals surface area contributed by atoms with Crippen molar-refractivity contribution >= 4 is 17.1 Å². The van der Waals surface area contributed by atoms with Crippen molar-refractivity contribution in [3.05, 3.63) is 97.0 Å². The molecule has 0 fully saturated rings. The average molecular weight is 394 g/mol. The summed E-state index contributed by atoms with van der Waals surface area (Å²) in [5, 5.41) is 7.34. The van der Waals surface area contributed by atoms with E-state index in [1.54, 1.807) is 35.4 Å². The minimum Gasteiger partial charge on any atom is -0.320 e. The molecule has 0 aliphatic rings. The Morgan fingerprint density at radius 1 is 1.00 bits per heavy atom. The van der Waals surface area contributed by atoms with Crippen molar-refractivity contribution in [2.75, 3.05) is 5.32 Å². The first-order valence-electron chi connectivity index (χ1n) is 9.49. The molecule has 1 amide bonds. The van der Waals surface area contributed by atoms with E-state index < -0.39 is 0 Å². The van der Waals surface area contributed by atoms with Crippen LogP contribution in [0.3, 0.4) is 0 Å². The molecule has 0 saturated carbocycles. The molecule has 1 N–H and O–H groups in total. The van der Waals surface area contributed by atoms with E-state index in [0.29, 0.717) is 11.4 Å². The van der Waals surface area contributed by atoms with Crippen molar-refractivity contribution in [1.29, 1.82) is 0 Å². The average Bonchev–Trinajstić information content (AvgIpc) is 3.41. The van der Waals surface area contributed by atoms with E-state index in [9.17, 15) is 4.79 Å². The van der Waals surface area contributed by atoms with Gasteiger partial charge in [-0.05, 0) is 55.0 Å². The third-order valence-electron chi connectivity index (χ3n) is 4.84. The van der Waals surface area contributed by atoms with Gasteiger partial charge in [0.05, 0.1) is 0 Å². The van der Waals surface area contributed by atoms with Crippen LogP contribution in [0.25, 0.3) is 22.5 Å². The van der Waals surface area contributed by atoms with Crippen LogP contribution in [0.5, 0.6) is 0 Å². The predicted octanol–water partition coefficient (Wildman–Crippen LogP) is 4.14. The molecular weight excluding hydrogens is 376 g/mol. The van der Waals surface area contributed by atoms with Crippen LogP contribution in [0.2, 0.25) is 0 Å². The molecule has 7 nitrogen and oxygen atoms in total. The first-order valence-corrected chi connectivity index (χ1v) is 9.49. The van der Waals surface area contributed by atoms with E-state index in [2.05, 4.69) is 32.5 Å². The highest BCUT2D eigenvalue weighted by atomic mass is 16.1. The Morgan fingerprint density at radius 3 is 2.73 bits per heavy atom. The van der Waals surface area contributed by atoms with Crippen molar-refractivity contribution < 1.29 is 4.79 Å². The quantitative estimate of drug-likeness (QED) is 0.497. The van der Waals surface area contributed by atoms with Gasteiger partial charge in [0.15, 0.2) is 5.69 Å². The summed E-state index contributed by atoms with van der Waals surface area (Å²) in [4.78, 5) is 20.9. The first kappa shape index (κ1) is 17.8. The fourth-order valence-electron chi connectivity index (χ4n) is 3.37. The zero-order chi connectivity index (χ0) is 20.5. The standard InChI is InChI=1S/C23H18N6O/c1-16-13-19(8-11-25-16)26-23(30)21-9-12-29(27-21)22-7-6-20-5-4-18(15-28(20)22)17-3-2-10-24-14-17/h2-15H,1H3,(H,25,26,30).